The number of carbonyl (C=O) groups is 1. The summed E-state index contributed by atoms with van der Waals surface area (Å²) in [6.45, 7) is 3.92. The van der Waals surface area contributed by atoms with E-state index in [0.29, 0.717) is 25.5 Å². The highest BCUT2D eigenvalue weighted by Gasteiger charge is 2.19. The van der Waals surface area contributed by atoms with Crippen molar-refractivity contribution in [1.82, 2.24) is 4.98 Å². The molecule has 0 bridgehead atoms. The largest absolute Gasteiger partial charge is 0.383 e. The Balaban J connectivity index is 2.84. The van der Waals surface area contributed by atoms with Gasteiger partial charge in [0.2, 0.25) is 0 Å². The normalized spacial score (nSPS) is 12.4. The number of ether oxygens (including phenoxy) is 2. The van der Waals surface area contributed by atoms with Gasteiger partial charge in [0.15, 0.2) is 10.9 Å². The summed E-state index contributed by atoms with van der Waals surface area (Å²) in [5, 5.41) is 2.52. The second-order valence-corrected chi connectivity index (χ2v) is 5.17. The van der Waals surface area contributed by atoms with Gasteiger partial charge >= 0.3 is 0 Å². The first-order chi connectivity index (χ1) is 9.13. The summed E-state index contributed by atoms with van der Waals surface area (Å²) in [5.74, 6) is -0.204. The topological polar surface area (TPSA) is 51.7 Å². The molecular formula is C12H19ClN2O3S. The number of hydrogen-bond acceptors (Lipinski definition) is 6. The van der Waals surface area contributed by atoms with E-state index in [4.69, 9.17) is 21.1 Å². The molecule has 0 N–H and O–H groups in total. The molecule has 1 rings (SSSR count). The first kappa shape index (κ1) is 16.4. The lowest BCUT2D eigenvalue weighted by Crippen LogP contribution is -2.38. The van der Waals surface area contributed by atoms with Gasteiger partial charge in [-0.15, -0.1) is 22.9 Å². The van der Waals surface area contributed by atoms with Gasteiger partial charge in [-0.3, -0.25) is 4.79 Å². The Bertz CT molecular complexity index is 400. The minimum absolute atomic E-state index is 0.0468. The molecule has 1 unspecified atom stereocenters. The van der Waals surface area contributed by atoms with Gasteiger partial charge in [0, 0.05) is 26.1 Å². The maximum atomic E-state index is 11.5. The van der Waals surface area contributed by atoms with Crippen LogP contribution in [0.2, 0.25) is 0 Å². The van der Waals surface area contributed by atoms with Crippen LogP contribution >= 0.6 is 22.9 Å². The Morgan fingerprint density at radius 3 is 2.84 bits per heavy atom. The molecular weight excluding hydrogens is 288 g/mol. The van der Waals surface area contributed by atoms with Crippen LogP contribution in [0.1, 0.15) is 17.4 Å². The zero-order chi connectivity index (χ0) is 14.3. The van der Waals surface area contributed by atoms with Crippen molar-refractivity contribution >= 4 is 33.9 Å². The van der Waals surface area contributed by atoms with Crippen LogP contribution in [0.5, 0.6) is 0 Å². The van der Waals surface area contributed by atoms with Crippen molar-refractivity contribution in [2.75, 3.05) is 44.8 Å². The predicted octanol–water partition coefficient (Wildman–Crippen LogP) is 2.05. The molecule has 5 nitrogen and oxygen atoms in total. The highest BCUT2D eigenvalue weighted by molar-refractivity contribution is 7.14. The van der Waals surface area contributed by atoms with Crippen LogP contribution in [-0.4, -0.2) is 56.7 Å². The Labute approximate surface area is 122 Å². The number of ketones is 1. The number of Topliss-reactive ketones (excluding diaryl/α,β-unsaturated/α-hetero) is 1. The molecule has 0 saturated heterocycles. The van der Waals surface area contributed by atoms with E-state index in [1.807, 2.05) is 6.92 Å². The average Bonchev–Trinajstić information content (AvgIpc) is 2.88. The number of halogens is 1. The number of carbonyl (C=O) groups excluding carboxylic acids is 1. The quantitative estimate of drug-likeness (QED) is 0.516. The number of rotatable bonds is 9. The fraction of sp³-hybridized carbons (Fsp3) is 0.667. The third kappa shape index (κ3) is 4.72. The first-order valence-electron chi connectivity index (χ1n) is 5.93. The molecule has 108 valence electrons. The van der Waals surface area contributed by atoms with E-state index in [-0.39, 0.29) is 17.7 Å². The van der Waals surface area contributed by atoms with E-state index in [9.17, 15) is 4.79 Å². The van der Waals surface area contributed by atoms with Crippen LogP contribution in [0, 0.1) is 0 Å². The number of methoxy groups -OCH3 is 2. The van der Waals surface area contributed by atoms with Gasteiger partial charge in [-0.25, -0.2) is 4.98 Å². The van der Waals surface area contributed by atoms with Crippen molar-refractivity contribution in [3.8, 4) is 0 Å². The summed E-state index contributed by atoms with van der Waals surface area (Å²) in [6, 6.07) is 0.158. The number of nitrogens with zero attached hydrogens (tertiary/aromatic N) is 2. The molecule has 7 heteroatoms. The third-order valence-corrected chi connectivity index (χ3v) is 3.74. The number of anilines is 1. The minimum atomic E-state index is -0.157. The minimum Gasteiger partial charge on any atom is -0.383 e. The lowest BCUT2D eigenvalue weighted by Gasteiger charge is -2.28. The SMILES string of the molecule is COCCN(c1nc(C(=O)CCl)cs1)C(C)COC. The smallest absolute Gasteiger partial charge is 0.196 e. The summed E-state index contributed by atoms with van der Waals surface area (Å²) in [5.41, 5.74) is 0.419. The Hall–Kier alpha value is -0.690. The molecule has 19 heavy (non-hydrogen) atoms. The number of aromatic nitrogens is 1. The predicted molar refractivity (Wildman–Crippen MR) is 77.7 cm³/mol. The van der Waals surface area contributed by atoms with Gasteiger partial charge < -0.3 is 14.4 Å². The summed E-state index contributed by atoms with van der Waals surface area (Å²) in [7, 11) is 3.32. The maximum Gasteiger partial charge on any atom is 0.196 e. The standard InChI is InChI=1S/C12H19ClN2O3S/c1-9(7-18-3)15(4-5-17-2)12-14-10(8-19-12)11(16)6-13/h8-9H,4-7H2,1-3H3. The monoisotopic (exact) mass is 306 g/mol. The van der Waals surface area contributed by atoms with Gasteiger partial charge in [0.05, 0.1) is 25.1 Å². The second-order valence-electron chi connectivity index (χ2n) is 4.06. The fourth-order valence-corrected chi connectivity index (χ4v) is 2.71. The average molecular weight is 307 g/mol. The fourth-order valence-electron chi connectivity index (χ4n) is 1.62. The summed E-state index contributed by atoms with van der Waals surface area (Å²) < 4.78 is 10.3. The Morgan fingerprint density at radius 2 is 2.26 bits per heavy atom. The number of thiazole rings is 1. The van der Waals surface area contributed by atoms with Gasteiger partial charge in [0.1, 0.15) is 5.69 Å². The van der Waals surface area contributed by atoms with Gasteiger partial charge in [-0.2, -0.15) is 0 Å². The van der Waals surface area contributed by atoms with Crippen molar-refractivity contribution in [2.45, 2.75) is 13.0 Å². The summed E-state index contributed by atoms with van der Waals surface area (Å²) in [6.07, 6.45) is 0. The molecule has 0 fully saturated rings. The molecule has 0 amide bonds. The Morgan fingerprint density at radius 1 is 1.53 bits per heavy atom. The Kier molecular flexibility index (Phi) is 7.30. The summed E-state index contributed by atoms with van der Waals surface area (Å²) >= 11 is 6.96. The van der Waals surface area contributed by atoms with Crippen molar-refractivity contribution < 1.29 is 14.3 Å². The molecule has 0 aliphatic carbocycles. The van der Waals surface area contributed by atoms with E-state index < -0.39 is 0 Å². The molecule has 0 radical (unpaired) electrons. The molecule has 0 aromatic carbocycles. The van der Waals surface area contributed by atoms with Gasteiger partial charge in [-0.05, 0) is 6.92 Å². The zero-order valence-corrected chi connectivity index (χ0v) is 13.0. The highest BCUT2D eigenvalue weighted by atomic mass is 35.5. The van der Waals surface area contributed by atoms with Crippen LogP contribution in [0.3, 0.4) is 0 Å². The molecule has 0 aliphatic heterocycles. The number of alkyl halides is 1. The maximum absolute atomic E-state index is 11.5. The van der Waals surface area contributed by atoms with Crippen LogP contribution in [-0.2, 0) is 9.47 Å². The van der Waals surface area contributed by atoms with Crippen LogP contribution in [0.4, 0.5) is 5.13 Å². The van der Waals surface area contributed by atoms with Crippen LogP contribution in [0.25, 0.3) is 0 Å². The third-order valence-electron chi connectivity index (χ3n) is 2.62. The molecule has 1 heterocycles. The van der Waals surface area contributed by atoms with E-state index in [1.54, 1.807) is 19.6 Å². The van der Waals surface area contributed by atoms with Gasteiger partial charge in [-0.1, -0.05) is 0 Å². The lowest BCUT2D eigenvalue weighted by atomic mass is 10.3. The molecule has 0 spiro atoms. The van der Waals surface area contributed by atoms with Crippen molar-refractivity contribution in [1.29, 1.82) is 0 Å². The lowest BCUT2D eigenvalue weighted by molar-refractivity contribution is 0.101. The van der Waals surface area contributed by atoms with Crippen LogP contribution < -0.4 is 4.90 Å². The van der Waals surface area contributed by atoms with Crippen molar-refractivity contribution in [3.63, 3.8) is 0 Å². The van der Waals surface area contributed by atoms with Crippen LogP contribution in [0.15, 0.2) is 5.38 Å². The van der Waals surface area contributed by atoms with Crippen molar-refractivity contribution in [2.24, 2.45) is 0 Å². The second kappa shape index (κ2) is 8.47. The zero-order valence-electron chi connectivity index (χ0n) is 11.4. The first-order valence-corrected chi connectivity index (χ1v) is 7.34. The number of hydrogen-bond donors (Lipinski definition) is 0. The van der Waals surface area contributed by atoms with E-state index in [2.05, 4.69) is 9.88 Å². The van der Waals surface area contributed by atoms with E-state index in [0.717, 1.165) is 5.13 Å². The summed E-state index contributed by atoms with van der Waals surface area (Å²) in [4.78, 5) is 17.9. The molecule has 0 saturated carbocycles. The van der Waals surface area contributed by atoms with E-state index >= 15 is 0 Å². The highest BCUT2D eigenvalue weighted by Crippen LogP contribution is 2.23. The van der Waals surface area contributed by atoms with Gasteiger partial charge in [0.25, 0.3) is 0 Å². The van der Waals surface area contributed by atoms with Crippen molar-refractivity contribution in [3.05, 3.63) is 11.1 Å². The van der Waals surface area contributed by atoms with E-state index in [1.165, 1.54) is 11.3 Å². The molecule has 1 aromatic rings. The molecule has 1 aromatic heterocycles. The molecule has 1 atom stereocenters. The molecule has 0 aliphatic rings.